The number of ether oxygens (including phenoxy) is 1. The minimum Gasteiger partial charge on any atom is -0.493 e. The highest BCUT2D eigenvalue weighted by Crippen LogP contribution is 2.34. The molecule has 1 aromatic carbocycles. The quantitative estimate of drug-likeness (QED) is 0.865. The molecule has 1 atom stereocenters. The summed E-state index contributed by atoms with van der Waals surface area (Å²) in [5.74, 6) is 1.55. The van der Waals surface area contributed by atoms with Gasteiger partial charge in [-0.25, -0.2) is 8.42 Å². The molecule has 116 valence electrons. The van der Waals surface area contributed by atoms with Crippen LogP contribution in [0.3, 0.4) is 0 Å². The average Bonchev–Trinajstić information content (AvgIpc) is 2.63. The summed E-state index contributed by atoms with van der Waals surface area (Å²) in [5, 5.41) is 3.65. The van der Waals surface area contributed by atoms with Gasteiger partial charge in [0.15, 0.2) is 0 Å². The number of nitrogens with one attached hydrogen (secondary N) is 1. The molecule has 1 fully saturated rings. The van der Waals surface area contributed by atoms with Crippen LogP contribution in [0.15, 0.2) is 22.7 Å². The second-order valence-corrected chi connectivity index (χ2v) is 9.04. The fourth-order valence-corrected chi connectivity index (χ4v) is 4.89. The molecular formula is C15H20BrNO3S. The van der Waals surface area contributed by atoms with Gasteiger partial charge in [0.2, 0.25) is 0 Å². The van der Waals surface area contributed by atoms with Crippen molar-refractivity contribution in [3.05, 3.63) is 28.2 Å². The summed E-state index contributed by atoms with van der Waals surface area (Å²) in [4.78, 5) is 0. The van der Waals surface area contributed by atoms with Gasteiger partial charge in [-0.1, -0.05) is 22.0 Å². The van der Waals surface area contributed by atoms with E-state index in [0.717, 1.165) is 29.7 Å². The molecule has 21 heavy (non-hydrogen) atoms. The Kier molecular flexibility index (Phi) is 4.57. The first kappa shape index (κ1) is 15.3. The zero-order valence-corrected chi connectivity index (χ0v) is 14.2. The van der Waals surface area contributed by atoms with Gasteiger partial charge in [-0.3, -0.25) is 0 Å². The van der Waals surface area contributed by atoms with E-state index in [1.807, 2.05) is 12.1 Å². The minimum absolute atomic E-state index is 0.251. The van der Waals surface area contributed by atoms with E-state index >= 15 is 0 Å². The third-order valence-electron chi connectivity index (χ3n) is 4.24. The number of halogens is 1. The summed E-state index contributed by atoms with van der Waals surface area (Å²) >= 11 is 3.48. The lowest BCUT2D eigenvalue weighted by Crippen LogP contribution is -2.39. The molecule has 2 heterocycles. The van der Waals surface area contributed by atoms with Crippen LogP contribution in [0.2, 0.25) is 0 Å². The van der Waals surface area contributed by atoms with Crippen molar-refractivity contribution in [3.8, 4) is 5.75 Å². The molecule has 0 spiro atoms. The predicted molar refractivity (Wildman–Crippen MR) is 86.4 cm³/mol. The Bertz CT molecular complexity index is 603. The maximum atomic E-state index is 11.5. The van der Waals surface area contributed by atoms with E-state index in [4.69, 9.17) is 4.74 Å². The van der Waals surface area contributed by atoms with Crippen molar-refractivity contribution < 1.29 is 13.2 Å². The van der Waals surface area contributed by atoms with Crippen LogP contribution in [0, 0.1) is 0 Å². The van der Waals surface area contributed by atoms with Gasteiger partial charge in [-0.15, -0.1) is 0 Å². The summed E-state index contributed by atoms with van der Waals surface area (Å²) in [6, 6.07) is 6.69. The molecule has 0 aliphatic carbocycles. The Labute approximate surface area is 134 Å². The SMILES string of the molecule is O=S1(=O)CCC(NC2CCCOc3cc(Br)ccc32)CC1. The molecule has 0 radical (unpaired) electrons. The van der Waals surface area contributed by atoms with Gasteiger partial charge in [0.05, 0.1) is 18.1 Å². The number of hydrogen-bond acceptors (Lipinski definition) is 4. The van der Waals surface area contributed by atoms with E-state index in [1.54, 1.807) is 0 Å². The molecule has 0 saturated carbocycles. The van der Waals surface area contributed by atoms with Gasteiger partial charge >= 0.3 is 0 Å². The maximum absolute atomic E-state index is 11.5. The Morgan fingerprint density at radius 3 is 2.71 bits per heavy atom. The minimum atomic E-state index is -2.80. The third kappa shape index (κ3) is 3.79. The van der Waals surface area contributed by atoms with Crippen molar-refractivity contribution >= 4 is 25.8 Å². The lowest BCUT2D eigenvalue weighted by molar-refractivity contribution is 0.313. The third-order valence-corrected chi connectivity index (χ3v) is 6.45. The van der Waals surface area contributed by atoms with E-state index in [2.05, 4.69) is 27.3 Å². The number of rotatable bonds is 2. The topological polar surface area (TPSA) is 55.4 Å². The lowest BCUT2D eigenvalue weighted by atomic mass is 10.00. The van der Waals surface area contributed by atoms with Crippen molar-refractivity contribution in [3.63, 3.8) is 0 Å². The first-order valence-electron chi connectivity index (χ1n) is 7.42. The van der Waals surface area contributed by atoms with E-state index < -0.39 is 9.84 Å². The van der Waals surface area contributed by atoms with Gasteiger partial charge in [0.1, 0.15) is 15.6 Å². The highest BCUT2D eigenvalue weighted by Gasteiger charge is 2.27. The monoisotopic (exact) mass is 373 g/mol. The summed E-state index contributed by atoms with van der Waals surface area (Å²) in [6.45, 7) is 0.737. The molecule has 2 aliphatic rings. The Morgan fingerprint density at radius 2 is 1.95 bits per heavy atom. The fraction of sp³-hybridized carbons (Fsp3) is 0.600. The molecule has 4 nitrogen and oxygen atoms in total. The number of sulfone groups is 1. The molecule has 0 aromatic heterocycles. The number of benzene rings is 1. The van der Waals surface area contributed by atoms with Crippen LogP contribution in [0.1, 0.15) is 37.3 Å². The Morgan fingerprint density at radius 1 is 1.19 bits per heavy atom. The van der Waals surface area contributed by atoms with Crippen molar-refractivity contribution in [1.29, 1.82) is 0 Å². The summed E-state index contributed by atoms with van der Waals surface area (Å²) < 4.78 is 29.9. The molecule has 1 saturated heterocycles. The van der Waals surface area contributed by atoms with Gasteiger partial charge < -0.3 is 10.1 Å². The number of hydrogen-bond donors (Lipinski definition) is 1. The first-order chi connectivity index (χ1) is 10.0. The van der Waals surface area contributed by atoms with E-state index in [1.165, 1.54) is 5.56 Å². The normalized spacial score (nSPS) is 25.7. The van der Waals surface area contributed by atoms with Crippen LogP contribution in [-0.4, -0.2) is 32.6 Å². The van der Waals surface area contributed by atoms with Crippen LogP contribution >= 0.6 is 15.9 Å². The van der Waals surface area contributed by atoms with E-state index in [0.29, 0.717) is 24.3 Å². The molecular weight excluding hydrogens is 354 g/mol. The predicted octanol–water partition coefficient (Wildman–Crippen LogP) is 2.83. The van der Waals surface area contributed by atoms with E-state index in [9.17, 15) is 8.42 Å². The van der Waals surface area contributed by atoms with Gasteiger partial charge in [-0.05, 0) is 37.8 Å². The van der Waals surface area contributed by atoms with E-state index in [-0.39, 0.29) is 12.1 Å². The summed E-state index contributed by atoms with van der Waals surface area (Å²) in [6.07, 6.45) is 3.46. The average molecular weight is 374 g/mol. The van der Waals surface area contributed by atoms with Crippen LogP contribution in [0.5, 0.6) is 5.75 Å². The molecule has 1 unspecified atom stereocenters. The van der Waals surface area contributed by atoms with Crippen LogP contribution in [-0.2, 0) is 9.84 Å². The summed E-state index contributed by atoms with van der Waals surface area (Å²) in [5.41, 5.74) is 1.18. The maximum Gasteiger partial charge on any atom is 0.150 e. The van der Waals surface area contributed by atoms with Crippen molar-refractivity contribution in [1.82, 2.24) is 5.32 Å². The second kappa shape index (κ2) is 6.26. The number of fused-ring (bicyclic) bond motifs is 1. The highest BCUT2D eigenvalue weighted by molar-refractivity contribution is 9.10. The smallest absolute Gasteiger partial charge is 0.150 e. The standard InChI is InChI=1S/C15H20BrNO3S/c16-11-3-4-13-14(2-1-7-20-15(13)10-11)17-12-5-8-21(18,19)9-6-12/h3-4,10,12,14,17H,1-2,5-9H2. The molecule has 0 bridgehead atoms. The molecule has 6 heteroatoms. The zero-order chi connectivity index (χ0) is 14.9. The summed E-state index contributed by atoms with van der Waals surface area (Å²) in [7, 11) is -2.80. The van der Waals surface area contributed by atoms with Gasteiger partial charge in [-0.2, -0.15) is 0 Å². The fourth-order valence-electron chi connectivity index (χ4n) is 3.06. The Balaban J connectivity index is 1.74. The van der Waals surface area contributed by atoms with Gasteiger partial charge in [0, 0.05) is 22.1 Å². The zero-order valence-electron chi connectivity index (χ0n) is 11.8. The second-order valence-electron chi connectivity index (χ2n) is 5.82. The van der Waals surface area contributed by atoms with Crippen molar-refractivity contribution in [2.45, 2.75) is 37.8 Å². The first-order valence-corrected chi connectivity index (χ1v) is 10.0. The molecule has 1 aromatic rings. The molecule has 1 N–H and O–H groups in total. The molecule has 0 amide bonds. The van der Waals surface area contributed by atoms with Crippen LogP contribution in [0.4, 0.5) is 0 Å². The van der Waals surface area contributed by atoms with Crippen LogP contribution < -0.4 is 10.1 Å². The highest BCUT2D eigenvalue weighted by atomic mass is 79.9. The van der Waals surface area contributed by atoms with Crippen LogP contribution in [0.25, 0.3) is 0 Å². The van der Waals surface area contributed by atoms with Crippen molar-refractivity contribution in [2.75, 3.05) is 18.1 Å². The van der Waals surface area contributed by atoms with Crippen molar-refractivity contribution in [2.24, 2.45) is 0 Å². The lowest BCUT2D eigenvalue weighted by Gasteiger charge is -2.28. The molecule has 2 aliphatic heterocycles. The van der Waals surface area contributed by atoms with Gasteiger partial charge in [0.25, 0.3) is 0 Å². The molecule has 3 rings (SSSR count). The Hall–Kier alpha value is -0.590. The largest absolute Gasteiger partial charge is 0.493 e.